The number of hydrogen-bond donors (Lipinski definition) is 1. The van der Waals surface area contributed by atoms with Crippen LogP contribution in [-0.2, 0) is 17.9 Å². The number of thiophene rings is 1. The third kappa shape index (κ3) is 3.77. The standard InChI is InChI=1S/C22H19N3O3S/c1-15-12-18-20(27)25(17-10-6-3-7-11-17)22(28)24(21(18)29-15)14-19(26)23-13-16-8-4-2-5-9-16/h2-12H,13-14H2,1H3,(H,23,26). The molecule has 0 aliphatic heterocycles. The van der Waals surface area contributed by atoms with Gasteiger partial charge in [-0.25, -0.2) is 9.36 Å². The molecule has 2 aromatic carbocycles. The molecule has 0 aliphatic rings. The molecular formula is C22H19N3O3S. The van der Waals surface area contributed by atoms with Gasteiger partial charge in [-0.3, -0.25) is 14.2 Å². The van der Waals surface area contributed by atoms with Crippen molar-refractivity contribution < 1.29 is 4.79 Å². The van der Waals surface area contributed by atoms with Crippen molar-refractivity contribution in [3.63, 3.8) is 0 Å². The summed E-state index contributed by atoms with van der Waals surface area (Å²) in [6.45, 7) is 2.09. The van der Waals surface area contributed by atoms with Crippen molar-refractivity contribution in [1.82, 2.24) is 14.5 Å². The highest BCUT2D eigenvalue weighted by molar-refractivity contribution is 7.18. The van der Waals surface area contributed by atoms with E-state index in [1.165, 1.54) is 15.9 Å². The summed E-state index contributed by atoms with van der Waals surface area (Å²) < 4.78 is 2.50. The quantitative estimate of drug-likeness (QED) is 0.555. The van der Waals surface area contributed by atoms with Crippen LogP contribution in [0.4, 0.5) is 0 Å². The SMILES string of the molecule is Cc1cc2c(=O)n(-c3ccccc3)c(=O)n(CC(=O)NCc3ccccc3)c2s1. The third-order valence-electron chi connectivity index (χ3n) is 4.59. The number of fused-ring (bicyclic) bond motifs is 1. The van der Waals surface area contributed by atoms with E-state index in [0.717, 1.165) is 15.0 Å². The van der Waals surface area contributed by atoms with Crippen LogP contribution in [0.5, 0.6) is 0 Å². The van der Waals surface area contributed by atoms with Crippen molar-refractivity contribution in [2.45, 2.75) is 20.0 Å². The molecule has 1 amide bonds. The Morgan fingerprint density at radius 3 is 2.34 bits per heavy atom. The fourth-order valence-electron chi connectivity index (χ4n) is 3.21. The number of hydrogen-bond acceptors (Lipinski definition) is 4. The van der Waals surface area contributed by atoms with Crippen LogP contribution in [-0.4, -0.2) is 15.0 Å². The van der Waals surface area contributed by atoms with Gasteiger partial charge in [-0.1, -0.05) is 48.5 Å². The van der Waals surface area contributed by atoms with E-state index in [-0.39, 0.29) is 18.0 Å². The Bertz CT molecular complexity index is 1290. The lowest BCUT2D eigenvalue weighted by Gasteiger charge is -2.12. The summed E-state index contributed by atoms with van der Waals surface area (Å²) in [5.41, 5.74) is 0.554. The zero-order chi connectivity index (χ0) is 20.4. The lowest BCUT2D eigenvalue weighted by atomic mass is 10.2. The monoisotopic (exact) mass is 405 g/mol. The van der Waals surface area contributed by atoms with E-state index in [9.17, 15) is 14.4 Å². The summed E-state index contributed by atoms with van der Waals surface area (Å²) in [4.78, 5) is 40.1. The van der Waals surface area contributed by atoms with E-state index in [1.54, 1.807) is 30.3 Å². The molecule has 0 spiro atoms. The largest absolute Gasteiger partial charge is 0.350 e. The molecule has 2 aromatic heterocycles. The van der Waals surface area contributed by atoms with Crippen molar-refractivity contribution in [2.75, 3.05) is 0 Å². The van der Waals surface area contributed by atoms with Crippen molar-refractivity contribution in [3.8, 4) is 5.69 Å². The van der Waals surface area contributed by atoms with E-state index < -0.39 is 5.69 Å². The van der Waals surface area contributed by atoms with Gasteiger partial charge >= 0.3 is 5.69 Å². The molecule has 146 valence electrons. The zero-order valence-corrected chi connectivity index (χ0v) is 16.6. The van der Waals surface area contributed by atoms with Crippen LogP contribution >= 0.6 is 11.3 Å². The van der Waals surface area contributed by atoms with E-state index in [1.807, 2.05) is 43.3 Å². The number of amides is 1. The summed E-state index contributed by atoms with van der Waals surface area (Å²) in [6.07, 6.45) is 0. The third-order valence-corrected chi connectivity index (χ3v) is 5.66. The van der Waals surface area contributed by atoms with Gasteiger partial charge in [0, 0.05) is 11.4 Å². The molecule has 4 aromatic rings. The highest BCUT2D eigenvalue weighted by Crippen LogP contribution is 2.21. The summed E-state index contributed by atoms with van der Waals surface area (Å²) in [7, 11) is 0. The number of aryl methyl sites for hydroxylation is 1. The highest BCUT2D eigenvalue weighted by atomic mass is 32.1. The van der Waals surface area contributed by atoms with Crippen LogP contribution in [0, 0.1) is 6.92 Å². The summed E-state index contributed by atoms with van der Waals surface area (Å²) in [5, 5.41) is 3.28. The average Bonchev–Trinajstić information content (AvgIpc) is 3.13. The minimum absolute atomic E-state index is 0.158. The molecule has 0 saturated carbocycles. The Kier molecular flexibility index (Phi) is 5.14. The average molecular weight is 405 g/mol. The van der Waals surface area contributed by atoms with E-state index in [2.05, 4.69) is 5.32 Å². The fraction of sp³-hybridized carbons (Fsp3) is 0.136. The minimum Gasteiger partial charge on any atom is -0.350 e. The molecule has 0 unspecified atom stereocenters. The van der Waals surface area contributed by atoms with Crippen LogP contribution in [0.3, 0.4) is 0 Å². The van der Waals surface area contributed by atoms with Crippen molar-refractivity contribution in [1.29, 1.82) is 0 Å². The van der Waals surface area contributed by atoms with E-state index >= 15 is 0 Å². The number of rotatable bonds is 5. The second-order valence-corrected chi connectivity index (χ2v) is 7.92. The van der Waals surface area contributed by atoms with Crippen LogP contribution in [0.2, 0.25) is 0 Å². The molecule has 0 atom stereocenters. The molecule has 6 nitrogen and oxygen atoms in total. The van der Waals surface area contributed by atoms with Gasteiger partial charge in [0.05, 0.1) is 11.1 Å². The normalized spacial score (nSPS) is 10.9. The Morgan fingerprint density at radius 1 is 1.00 bits per heavy atom. The van der Waals surface area contributed by atoms with Gasteiger partial charge in [-0.15, -0.1) is 11.3 Å². The van der Waals surface area contributed by atoms with Crippen LogP contribution in [0.1, 0.15) is 10.4 Å². The first-order valence-corrected chi connectivity index (χ1v) is 9.98. The second-order valence-electron chi connectivity index (χ2n) is 6.68. The number of carbonyl (C=O) groups excluding carboxylic acids is 1. The van der Waals surface area contributed by atoms with Gasteiger partial charge in [0.25, 0.3) is 5.56 Å². The number of para-hydroxylation sites is 1. The lowest BCUT2D eigenvalue weighted by molar-refractivity contribution is -0.121. The first-order valence-electron chi connectivity index (χ1n) is 9.16. The Balaban J connectivity index is 1.74. The molecular weight excluding hydrogens is 386 g/mol. The smallest absolute Gasteiger partial charge is 0.337 e. The number of nitrogens with one attached hydrogen (secondary N) is 1. The van der Waals surface area contributed by atoms with Gasteiger partial charge in [-0.2, -0.15) is 0 Å². The number of nitrogens with zero attached hydrogens (tertiary/aromatic N) is 2. The van der Waals surface area contributed by atoms with Gasteiger partial charge in [-0.05, 0) is 30.7 Å². The topological polar surface area (TPSA) is 73.1 Å². The zero-order valence-electron chi connectivity index (χ0n) is 15.8. The predicted octanol–water partition coefficient (Wildman–Crippen LogP) is 2.84. The predicted molar refractivity (Wildman–Crippen MR) is 115 cm³/mol. The molecule has 29 heavy (non-hydrogen) atoms. The molecule has 1 N–H and O–H groups in total. The van der Waals surface area contributed by atoms with Crippen LogP contribution < -0.4 is 16.6 Å². The molecule has 4 rings (SSSR count). The van der Waals surface area contributed by atoms with Crippen molar-refractivity contribution >= 4 is 27.5 Å². The molecule has 0 fully saturated rings. The van der Waals surface area contributed by atoms with E-state index in [0.29, 0.717) is 22.4 Å². The number of benzene rings is 2. The van der Waals surface area contributed by atoms with Gasteiger partial charge < -0.3 is 5.32 Å². The van der Waals surface area contributed by atoms with Crippen molar-refractivity contribution in [2.24, 2.45) is 0 Å². The fourth-order valence-corrected chi connectivity index (χ4v) is 4.20. The van der Waals surface area contributed by atoms with Crippen molar-refractivity contribution in [3.05, 3.63) is 98.0 Å². The second kappa shape index (κ2) is 7.89. The molecule has 7 heteroatoms. The Hall–Kier alpha value is -3.45. The summed E-state index contributed by atoms with van der Waals surface area (Å²) in [5.74, 6) is -0.290. The first-order chi connectivity index (χ1) is 14.0. The summed E-state index contributed by atoms with van der Waals surface area (Å²) >= 11 is 1.34. The molecule has 0 saturated heterocycles. The minimum atomic E-state index is -0.523. The van der Waals surface area contributed by atoms with E-state index in [4.69, 9.17) is 0 Å². The van der Waals surface area contributed by atoms with Gasteiger partial charge in [0.2, 0.25) is 5.91 Å². The van der Waals surface area contributed by atoms with Gasteiger partial charge in [0.15, 0.2) is 0 Å². The first kappa shape index (κ1) is 18.9. The summed E-state index contributed by atoms with van der Waals surface area (Å²) in [6, 6.07) is 20.1. The lowest BCUT2D eigenvalue weighted by Crippen LogP contribution is -2.41. The number of aromatic nitrogens is 2. The van der Waals surface area contributed by atoms with Crippen LogP contribution in [0.25, 0.3) is 15.9 Å². The molecule has 0 radical (unpaired) electrons. The Morgan fingerprint density at radius 2 is 1.66 bits per heavy atom. The maximum atomic E-state index is 13.2. The maximum Gasteiger partial charge on any atom is 0.337 e. The molecule has 0 bridgehead atoms. The van der Waals surface area contributed by atoms with Crippen LogP contribution in [0.15, 0.2) is 76.3 Å². The molecule has 2 heterocycles. The molecule has 0 aliphatic carbocycles. The Labute approximate surface area is 170 Å². The van der Waals surface area contributed by atoms with Gasteiger partial charge in [0.1, 0.15) is 11.4 Å². The highest BCUT2D eigenvalue weighted by Gasteiger charge is 2.18. The maximum absolute atomic E-state index is 13.2. The number of carbonyl (C=O) groups is 1.